The van der Waals surface area contributed by atoms with E-state index in [4.69, 9.17) is 10.5 Å². The first-order chi connectivity index (χ1) is 13.2. The minimum atomic E-state index is -0.587. The highest BCUT2D eigenvalue weighted by Gasteiger charge is 2.58. The predicted molar refractivity (Wildman–Crippen MR) is 107 cm³/mol. The van der Waals surface area contributed by atoms with Crippen molar-refractivity contribution in [1.29, 1.82) is 0 Å². The number of carbonyl (C=O) groups is 2. The molecule has 0 unspecified atom stereocenters. The molecule has 2 amide bonds. The predicted octanol–water partition coefficient (Wildman–Crippen LogP) is 3.91. The number of nitrogens with one attached hydrogen (secondary N) is 1. The van der Waals surface area contributed by atoms with Crippen LogP contribution in [0, 0.1) is 28.6 Å². The first-order valence-electron chi connectivity index (χ1n) is 10.7. The average Bonchev–Trinajstić information content (AvgIpc) is 2.96. The van der Waals surface area contributed by atoms with E-state index < -0.39 is 6.03 Å². The lowest BCUT2D eigenvalue weighted by Crippen LogP contribution is -2.50. The van der Waals surface area contributed by atoms with Crippen LogP contribution in [-0.2, 0) is 9.53 Å². The van der Waals surface area contributed by atoms with Crippen molar-refractivity contribution >= 4 is 17.7 Å². The molecule has 0 heterocycles. The van der Waals surface area contributed by atoms with Gasteiger partial charge in [-0.1, -0.05) is 25.5 Å². The molecule has 3 fully saturated rings. The molecule has 0 radical (unpaired) electrons. The summed E-state index contributed by atoms with van der Waals surface area (Å²) in [5.41, 5.74) is 10.6. The summed E-state index contributed by atoms with van der Waals surface area (Å²) in [6.07, 6.45) is 11.0. The van der Waals surface area contributed by atoms with Crippen LogP contribution in [0.4, 0.5) is 4.79 Å². The molecule has 6 heteroatoms. The van der Waals surface area contributed by atoms with Gasteiger partial charge in [0.15, 0.2) is 0 Å². The molecular weight excluding hydrogens is 354 g/mol. The van der Waals surface area contributed by atoms with Gasteiger partial charge < -0.3 is 10.5 Å². The Morgan fingerprint density at radius 2 is 1.89 bits per heavy atom. The smallest absolute Gasteiger partial charge is 0.332 e. The Morgan fingerprint density at radius 1 is 1.18 bits per heavy atom. The minimum Gasteiger partial charge on any atom is -0.462 e. The van der Waals surface area contributed by atoms with Gasteiger partial charge in [0, 0.05) is 24.5 Å². The number of rotatable bonds is 2. The van der Waals surface area contributed by atoms with Crippen molar-refractivity contribution in [2.24, 2.45) is 39.4 Å². The molecule has 0 aromatic rings. The van der Waals surface area contributed by atoms with Gasteiger partial charge in [-0.3, -0.25) is 4.79 Å². The number of nitrogens with zero attached hydrogens (tertiary/aromatic N) is 1. The van der Waals surface area contributed by atoms with Crippen LogP contribution in [0.3, 0.4) is 0 Å². The molecule has 28 heavy (non-hydrogen) atoms. The molecular formula is C22H33N3O3. The van der Waals surface area contributed by atoms with E-state index in [1.807, 2.05) is 0 Å². The molecule has 4 rings (SSSR count). The standard InChI is InChI=1S/C22H33N3O3/c1-13(26)28-15-8-10-21(2)14(12-15)4-5-16-17-6-7-19(24-25-20(23)27)22(17,3)11-9-18(16)21/h4,15-18H,5-12H2,1-3H3,(H3,23,25,27)/b24-19+/t15-,16+,17-,18+,21+,22+/m1/s1. The second-order valence-corrected chi connectivity index (χ2v) is 9.76. The third-order valence-electron chi connectivity index (χ3n) is 8.43. The molecule has 0 aromatic carbocycles. The van der Waals surface area contributed by atoms with E-state index in [1.165, 1.54) is 18.9 Å². The summed E-state index contributed by atoms with van der Waals surface area (Å²) in [5, 5.41) is 4.38. The van der Waals surface area contributed by atoms with Crippen molar-refractivity contribution in [2.75, 3.05) is 0 Å². The summed E-state index contributed by atoms with van der Waals surface area (Å²) in [7, 11) is 0. The van der Waals surface area contributed by atoms with Crippen LogP contribution in [0.15, 0.2) is 16.8 Å². The van der Waals surface area contributed by atoms with Crippen molar-refractivity contribution in [3.8, 4) is 0 Å². The van der Waals surface area contributed by atoms with Gasteiger partial charge in [0.2, 0.25) is 0 Å². The first kappa shape index (κ1) is 19.5. The highest BCUT2D eigenvalue weighted by molar-refractivity contribution is 5.93. The largest absolute Gasteiger partial charge is 0.462 e. The van der Waals surface area contributed by atoms with Gasteiger partial charge in [-0.2, -0.15) is 5.10 Å². The number of allylic oxidation sites excluding steroid dienone is 1. The maximum absolute atomic E-state index is 11.4. The number of hydrazone groups is 1. The van der Waals surface area contributed by atoms with Crippen LogP contribution in [0.5, 0.6) is 0 Å². The van der Waals surface area contributed by atoms with Gasteiger partial charge in [-0.05, 0) is 68.1 Å². The molecule has 154 valence electrons. The van der Waals surface area contributed by atoms with Crippen LogP contribution in [0.2, 0.25) is 0 Å². The van der Waals surface area contributed by atoms with Crippen LogP contribution in [0.1, 0.15) is 72.1 Å². The summed E-state index contributed by atoms with van der Waals surface area (Å²) in [6.45, 7) is 6.29. The molecule has 6 atom stereocenters. The number of esters is 1. The second kappa shape index (κ2) is 6.89. The molecule has 0 bridgehead atoms. The van der Waals surface area contributed by atoms with Crippen LogP contribution >= 0.6 is 0 Å². The number of hydrogen-bond donors (Lipinski definition) is 2. The van der Waals surface area contributed by atoms with Crippen molar-refractivity contribution in [3.63, 3.8) is 0 Å². The maximum Gasteiger partial charge on any atom is 0.332 e. The van der Waals surface area contributed by atoms with E-state index in [0.717, 1.165) is 50.7 Å². The Bertz CT molecular complexity index is 745. The average molecular weight is 388 g/mol. The summed E-state index contributed by atoms with van der Waals surface area (Å²) < 4.78 is 5.53. The number of fused-ring (bicyclic) bond motifs is 5. The number of hydrogen-bond acceptors (Lipinski definition) is 4. The van der Waals surface area contributed by atoms with Gasteiger partial charge in [-0.15, -0.1) is 0 Å². The van der Waals surface area contributed by atoms with Gasteiger partial charge in [0.1, 0.15) is 6.10 Å². The quantitative estimate of drug-likeness (QED) is 0.427. The number of urea groups is 1. The zero-order valence-corrected chi connectivity index (χ0v) is 17.3. The van der Waals surface area contributed by atoms with Gasteiger partial charge in [0.25, 0.3) is 0 Å². The van der Waals surface area contributed by atoms with Crippen molar-refractivity contribution in [1.82, 2.24) is 5.43 Å². The van der Waals surface area contributed by atoms with Crippen LogP contribution in [0.25, 0.3) is 0 Å². The molecule has 0 aromatic heterocycles. The summed E-state index contributed by atoms with van der Waals surface area (Å²) in [4.78, 5) is 22.5. The van der Waals surface area contributed by atoms with E-state index >= 15 is 0 Å². The zero-order chi connectivity index (χ0) is 20.1. The summed E-state index contributed by atoms with van der Waals surface area (Å²) in [5.74, 6) is 1.80. The van der Waals surface area contributed by atoms with E-state index in [1.54, 1.807) is 0 Å². The van der Waals surface area contributed by atoms with E-state index in [0.29, 0.717) is 17.8 Å². The fourth-order valence-corrected chi connectivity index (χ4v) is 7.06. The highest BCUT2D eigenvalue weighted by Crippen LogP contribution is 2.64. The summed E-state index contributed by atoms with van der Waals surface area (Å²) >= 11 is 0. The number of nitrogens with two attached hydrogens (primary N) is 1. The Hall–Kier alpha value is -1.85. The molecule has 0 aliphatic heterocycles. The highest BCUT2D eigenvalue weighted by atomic mass is 16.5. The van der Waals surface area contributed by atoms with Gasteiger partial charge in [-0.25, -0.2) is 10.2 Å². The third-order valence-corrected chi connectivity index (χ3v) is 8.43. The Morgan fingerprint density at radius 3 is 2.61 bits per heavy atom. The number of ether oxygens (including phenoxy) is 1. The molecule has 4 aliphatic rings. The Kier molecular flexibility index (Phi) is 4.79. The molecule has 0 saturated heterocycles. The topological polar surface area (TPSA) is 93.8 Å². The Labute approximate surface area is 167 Å². The molecule has 6 nitrogen and oxygen atoms in total. The lowest BCUT2D eigenvalue weighted by atomic mass is 9.48. The van der Waals surface area contributed by atoms with Crippen molar-refractivity contribution in [3.05, 3.63) is 11.6 Å². The van der Waals surface area contributed by atoms with E-state index in [2.05, 4.69) is 30.5 Å². The Balaban J connectivity index is 1.56. The van der Waals surface area contributed by atoms with Crippen LogP contribution in [-0.4, -0.2) is 23.8 Å². The van der Waals surface area contributed by atoms with Gasteiger partial charge in [0.05, 0.1) is 0 Å². The van der Waals surface area contributed by atoms with Crippen molar-refractivity contribution in [2.45, 2.75) is 78.2 Å². The zero-order valence-electron chi connectivity index (χ0n) is 17.3. The lowest BCUT2D eigenvalue weighted by molar-refractivity contribution is -0.148. The second-order valence-electron chi connectivity index (χ2n) is 9.76. The maximum atomic E-state index is 11.4. The number of primary amides is 1. The molecule has 4 aliphatic carbocycles. The first-order valence-corrected chi connectivity index (χ1v) is 10.7. The number of carbonyl (C=O) groups excluding carboxylic acids is 2. The van der Waals surface area contributed by atoms with E-state index in [9.17, 15) is 9.59 Å². The summed E-state index contributed by atoms with van der Waals surface area (Å²) in [6, 6.07) is -0.587. The minimum absolute atomic E-state index is 0.0484. The SMILES string of the molecule is CC(=O)O[C@@H]1CC[C@@]2(C)C(=CC[C@H]3[C@H]4CC/C(=N\NC(N)=O)[C@@]4(C)CC[C@@H]32)C1. The van der Waals surface area contributed by atoms with Crippen LogP contribution < -0.4 is 11.2 Å². The lowest BCUT2D eigenvalue weighted by Gasteiger charge is -2.57. The van der Waals surface area contributed by atoms with E-state index in [-0.39, 0.29) is 22.9 Å². The third kappa shape index (κ3) is 3.05. The molecule has 0 spiro atoms. The normalized spacial score (nSPS) is 43.4. The molecule has 3 saturated carbocycles. The monoisotopic (exact) mass is 387 g/mol. The van der Waals surface area contributed by atoms with Gasteiger partial charge >= 0.3 is 12.0 Å². The fourth-order valence-electron chi connectivity index (χ4n) is 7.06. The van der Waals surface area contributed by atoms with Crippen molar-refractivity contribution < 1.29 is 14.3 Å². The molecule has 3 N–H and O–H groups in total. The fraction of sp³-hybridized carbons (Fsp3) is 0.773. The number of amides is 2.